The van der Waals surface area contributed by atoms with Crippen molar-refractivity contribution in [2.24, 2.45) is 0 Å². The topological polar surface area (TPSA) is 123 Å². The van der Waals surface area contributed by atoms with E-state index in [0.717, 1.165) is 31.8 Å². The van der Waals surface area contributed by atoms with E-state index in [4.69, 9.17) is 24.4 Å². The lowest BCUT2D eigenvalue weighted by Crippen LogP contribution is -2.16. The Hall–Kier alpha value is -1.74. The van der Waals surface area contributed by atoms with Crippen molar-refractivity contribution in [3.05, 3.63) is 24.8 Å². The number of unbranched alkanes of at least 4 members (excludes halogenated alkanes) is 1. The van der Waals surface area contributed by atoms with Crippen molar-refractivity contribution in [1.82, 2.24) is 0 Å². The highest BCUT2D eigenvalue weighted by atomic mass is 16.5. The number of methoxy groups -OCH3 is 1. The molecule has 8 heteroatoms. The molecule has 0 rings (SSSR count). The average Bonchev–Trinajstić information content (AvgIpc) is 2.67. The Morgan fingerprint density at radius 2 is 1.79 bits per heavy atom. The summed E-state index contributed by atoms with van der Waals surface area (Å²) >= 11 is 0. The van der Waals surface area contributed by atoms with Gasteiger partial charge < -0.3 is 29.5 Å². The number of carbonyl (C=O) groups is 2. The monoisotopic (exact) mass is 406 g/mol. The summed E-state index contributed by atoms with van der Waals surface area (Å²) in [5.74, 6) is -1.32. The maximum absolute atomic E-state index is 10.5. The number of aliphatic hydroxyl groups excluding tert-OH is 2. The van der Waals surface area contributed by atoms with Crippen LogP contribution >= 0.6 is 0 Å². The molecule has 0 aromatic carbocycles. The summed E-state index contributed by atoms with van der Waals surface area (Å²) in [4.78, 5) is 20.1. The van der Waals surface area contributed by atoms with E-state index in [0.29, 0.717) is 19.8 Å². The molecule has 2 atom stereocenters. The SMILES string of the molecule is C=C(C)C(=O)O.C=CC(=O)OCCC(C)OC.CCCCC(O)COCCO. The summed E-state index contributed by atoms with van der Waals surface area (Å²) in [5.41, 5.74) is 0.176. The second-order valence-electron chi connectivity index (χ2n) is 5.89. The Morgan fingerprint density at radius 3 is 2.18 bits per heavy atom. The van der Waals surface area contributed by atoms with E-state index in [1.807, 2.05) is 6.92 Å². The highest BCUT2D eigenvalue weighted by Gasteiger charge is 2.02. The zero-order valence-electron chi connectivity index (χ0n) is 17.7. The predicted octanol–water partition coefficient (Wildman–Crippen LogP) is 2.33. The number of esters is 1. The van der Waals surface area contributed by atoms with Gasteiger partial charge in [-0.3, -0.25) is 0 Å². The second kappa shape index (κ2) is 23.3. The quantitative estimate of drug-likeness (QED) is 0.242. The van der Waals surface area contributed by atoms with Crippen LogP contribution in [0.15, 0.2) is 24.8 Å². The summed E-state index contributed by atoms with van der Waals surface area (Å²) in [7, 11) is 1.62. The normalized spacial score (nSPS) is 11.6. The van der Waals surface area contributed by atoms with Gasteiger partial charge in [0.25, 0.3) is 0 Å². The van der Waals surface area contributed by atoms with Crippen LogP contribution in [-0.4, -0.2) is 73.0 Å². The van der Waals surface area contributed by atoms with Crippen molar-refractivity contribution in [3.8, 4) is 0 Å². The first-order valence-corrected chi connectivity index (χ1v) is 9.23. The van der Waals surface area contributed by atoms with Crippen molar-refractivity contribution >= 4 is 11.9 Å². The Balaban J connectivity index is -0.000000351. The number of hydrogen-bond donors (Lipinski definition) is 3. The van der Waals surface area contributed by atoms with Crippen LogP contribution in [0.3, 0.4) is 0 Å². The van der Waals surface area contributed by atoms with Crippen molar-refractivity contribution < 1.29 is 39.1 Å². The van der Waals surface area contributed by atoms with Crippen LogP contribution in [-0.2, 0) is 23.8 Å². The van der Waals surface area contributed by atoms with Gasteiger partial charge in [0.2, 0.25) is 0 Å². The van der Waals surface area contributed by atoms with E-state index in [9.17, 15) is 14.7 Å². The van der Waals surface area contributed by atoms with Gasteiger partial charge in [0.1, 0.15) is 0 Å². The van der Waals surface area contributed by atoms with Crippen molar-refractivity contribution in [3.63, 3.8) is 0 Å². The molecule has 0 saturated carbocycles. The molecule has 0 amide bonds. The molecule has 0 spiro atoms. The molecule has 0 aliphatic rings. The Kier molecular flexibility index (Phi) is 25.8. The zero-order valence-corrected chi connectivity index (χ0v) is 17.7. The van der Waals surface area contributed by atoms with Gasteiger partial charge in [0.15, 0.2) is 0 Å². The molecular formula is C20H38O8. The van der Waals surface area contributed by atoms with Crippen molar-refractivity contribution in [2.45, 2.75) is 58.7 Å². The molecule has 0 radical (unpaired) electrons. The third-order valence-corrected chi connectivity index (χ3v) is 3.14. The third-order valence-electron chi connectivity index (χ3n) is 3.14. The van der Waals surface area contributed by atoms with Gasteiger partial charge in [0, 0.05) is 25.2 Å². The van der Waals surface area contributed by atoms with Crippen LogP contribution in [0.5, 0.6) is 0 Å². The molecule has 8 nitrogen and oxygen atoms in total. The third kappa shape index (κ3) is 29.0. The average molecular weight is 407 g/mol. The van der Waals surface area contributed by atoms with Gasteiger partial charge in [-0.05, 0) is 20.3 Å². The minimum Gasteiger partial charge on any atom is -0.478 e. The fourth-order valence-corrected chi connectivity index (χ4v) is 1.31. The second-order valence-corrected chi connectivity index (χ2v) is 5.89. The van der Waals surface area contributed by atoms with E-state index >= 15 is 0 Å². The minimum atomic E-state index is -0.935. The van der Waals surface area contributed by atoms with Crippen LogP contribution in [0.4, 0.5) is 0 Å². The van der Waals surface area contributed by atoms with Crippen LogP contribution < -0.4 is 0 Å². The number of carboxylic acid groups (broad SMARTS) is 1. The number of rotatable bonds is 13. The van der Waals surface area contributed by atoms with Gasteiger partial charge >= 0.3 is 11.9 Å². The first-order chi connectivity index (χ1) is 13.2. The molecule has 166 valence electrons. The number of carboxylic acids is 1. The summed E-state index contributed by atoms with van der Waals surface area (Å²) < 4.78 is 14.6. The van der Waals surface area contributed by atoms with E-state index in [1.54, 1.807) is 7.11 Å². The Morgan fingerprint density at radius 1 is 1.21 bits per heavy atom. The molecule has 0 heterocycles. The van der Waals surface area contributed by atoms with Gasteiger partial charge in [-0.1, -0.05) is 32.9 Å². The van der Waals surface area contributed by atoms with Gasteiger partial charge in [-0.15, -0.1) is 0 Å². The van der Waals surface area contributed by atoms with Gasteiger partial charge in [-0.25, -0.2) is 9.59 Å². The molecule has 0 bridgehead atoms. The van der Waals surface area contributed by atoms with Crippen molar-refractivity contribution in [1.29, 1.82) is 0 Å². The largest absolute Gasteiger partial charge is 0.478 e. The zero-order chi connectivity index (χ0) is 22.4. The smallest absolute Gasteiger partial charge is 0.330 e. The Bertz CT molecular complexity index is 397. The molecule has 28 heavy (non-hydrogen) atoms. The molecule has 0 aliphatic carbocycles. The molecule has 0 aliphatic heterocycles. The minimum absolute atomic E-state index is 0.0283. The van der Waals surface area contributed by atoms with Crippen LogP contribution in [0.25, 0.3) is 0 Å². The molecule has 0 saturated heterocycles. The Labute approximate surface area is 168 Å². The van der Waals surface area contributed by atoms with Crippen LogP contribution in [0.1, 0.15) is 46.5 Å². The van der Waals surface area contributed by atoms with Crippen LogP contribution in [0, 0.1) is 0 Å². The number of carbonyl (C=O) groups excluding carboxylic acids is 1. The molecule has 2 unspecified atom stereocenters. The van der Waals surface area contributed by atoms with Crippen LogP contribution in [0.2, 0.25) is 0 Å². The van der Waals surface area contributed by atoms with E-state index in [1.165, 1.54) is 6.92 Å². The number of aliphatic hydroxyl groups is 2. The molecule has 0 aromatic heterocycles. The fourth-order valence-electron chi connectivity index (χ4n) is 1.31. The highest BCUT2D eigenvalue weighted by molar-refractivity contribution is 5.84. The standard InChI is InChI=1S/C8H14O3.C8H18O3.C4H6O2/c1-4-8(9)11-6-5-7(2)10-3;1-2-3-4-8(10)7-11-6-5-9;1-3(2)4(5)6/h4,7H,1,5-6H2,2-3H3;8-10H,2-7H2,1H3;1H2,2H3,(H,5,6). The summed E-state index contributed by atoms with van der Waals surface area (Å²) in [5, 5.41) is 25.4. The lowest BCUT2D eigenvalue weighted by atomic mass is 10.2. The van der Waals surface area contributed by atoms with Gasteiger partial charge in [0.05, 0.1) is 38.6 Å². The predicted molar refractivity (Wildman–Crippen MR) is 108 cm³/mol. The number of ether oxygens (including phenoxy) is 3. The van der Waals surface area contributed by atoms with Gasteiger partial charge in [-0.2, -0.15) is 0 Å². The summed E-state index contributed by atoms with van der Waals surface area (Å²) in [6.07, 6.45) is 4.56. The van der Waals surface area contributed by atoms with E-state index in [2.05, 4.69) is 20.1 Å². The van der Waals surface area contributed by atoms with E-state index in [-0.39, 0.29) is 30.4 Å². The molecule has 0 fully saturated rings. The first kappa shape index (κ1) is 31.0. The molecule has 3 N–H and O–H groups in total. The maximum Gasteiger partial charge on any atom is 0.330 e. The van der Waals surface area contributed by atoms with E-state index < -0.39 is 5.97 Å². The fraction of sp³-hybridized carbons (Fsp3) is 0.700. The lowest BCUT2D eigenvalue weighted by Gasteiger charge is -2.09. The summed E-state index contributed by atoms with van der Waals surface area (Å²) in [6.45, 7) is 13.0. The number of aliphatic carboxylic acids is 1. The molecular weight excluding hydrogens is 368 g/mol. The maximum atomic E-state index is 10.5. The number of hydrogen-bond acceptors (Lipinski definition) is 7. The van der Waals surface area contributed by atoms with Crippen molar-refractivity contribution in [2.75, 3.05) is 33.5 Å². The molecule has 0 aromatic rings. The summed E-state index contributed by atoms with van der Waals surface area (Å²) in [6, 6.07) is 0. The first-order valence-electron chi connectivity index (χ1n) is 9.23. The highest BCUT2D eigenvalue weighted by Crippen LogP contribution is 2.00. The lowest BCUT2D eigenvalue weighted by molar-refractivity contribution is -0.138.